The Balaban J connectivity index is 2.08. The average molecular weight is 275 g/mol. The topological polar surface area (TPSA) is 75.9 Å². The molecule has 0 radical (unpaired) electrons. The van der Waals surface area contributed by atoms with Gasteiger partial charge in [0.15, 0.2) is 5.16 Å². The van der Waals surface area contributed by atoms with Gasteiger partial charge in [-0.2, -0.15) is 0 Å². The molecule has 6 heteroatoms. The SMILES string of the molecule is CSc1nc(NN)cc(NCc2ccc(C)cc2)n1. The highest BCUT2D eigenvalue weighted by atomic mass is 32.2. The smallest absolute Gasteiger partial charge is 0.191 e. The van der Waals surface area contributed by atoms with Crippen LogP contribution in [0.5, 0.6) is 0 Å². The zero-order valence-electron chi connectivity index (χ0n) is 11.0. The minimum atomic E-state index is 0.603. The van der Waals surface area contributed by atoms with Crippen molar-refractivity contribution in [1.82, 2.24) is 9.97 Å². The quantitative estimate of drug-likeness (QED) is 0.337. The summed E-state index contributed by atoms with van der Waals surface area (Å²) in [7, 11) is 0. The molecule has 4 N–H and O–H groups in total. The van der Waals surface area contributed by atoms with E-state index in [0.29, 0.717) is 11.0 Å². The number of aryl methyl sites for hydroxylation is 1. The van der Waals surface area contributed by atoms with E-state index in [0.717, 1.165) is 12.4 Å². The minimum Gasteiger partial charge on any atom is -0.366 e. The lowest BCUT2D eigenvalue weighted by molar-refractivity contribution is 0.953. The molecule has 0 aliphatic heterocycles. The van der Waals surface area contributed by atoms with Crippen LogP contribution in [0.15, 0.2) is 35.5 Å². The molecule has 0 amide bonds. The summed E-state index contributed by atoms with van der Waals surface area (Å²) in [4.78, 5) is 8.59. The van der Waals surface area contributed by atoms with Crippen LogP contribution in [0.1, 0.15) is 11.1 Å². The van der Waals surface area contributed by atoms with Crippen molar-refractivity contribution in [3.05, 3.63) is 41.5 Å². The van der Waals surface area contributed by atoms with Crippen molar-refractivity contribution >= 4 is 23.4 Å². The third-order valence-electron chi connectivity index (χ3n) is 2.63. The molecule has 5 nitrogen and oxygen atoms in total. The Bertz CT molecular complexity index is 519. The van der Waals surface area contributed by atoms with E-state index in [1.165, 1.54) is 22.9 Å². The first-order chi connectivity index (χ1) is 9.21. The van der Waals surface area contributed by atoms with Gasteiger partial charge in [-0.15, -0.1) is 0 Å². The molecule has 1 heterocycles. The molecular weight excluding hydrogens is 258 g/mol. The molecule has 2 aromatic rings. The molecular formula is C13H17N5S. The number of hydrogen-bond acceptors (Lipinski definition) is 6. The second kappa shape index (κ2) is 6.40. The highest BCUT2D eigenvalue weighted by molar-refractivity contribution is 7.98. The van der Waals surface area contributed by atoms with E-state index in [1.807, 2.05) is 6.26 Å². The normalized spacial score (nSPS) is 10.3. The molecule has 0 aliphatic carbocycles. The maximum atomic E-state index is 5.39. The average Bonchev–Trinajstić information content (AvgIpc) is 2.46. The summed E-state index contributed by atoms with van der Waals surface area (Å²) in [5.74, 6) is 6.75. The minimum absolute atomic E-state index is 0.603. The molecule has 19 heavy (non-hydrogen) atoms. The van der Waals surface area contributed by atoms with Gasteiger partial charge in [0.05, 0.1) is 0 Å². The first kappa shape index (κ1) is 13.6. The van der Waals surface area contributed by atoms with E-state index in [9.17, 15) is 0 Å². The summed E-state index contributed by atoms with van der Waals surface area (Å²) >= 11 is 1.48. The van der Waals surface area contributed by atoms with Gasteiger partial charge in [0.1, 0.15) is 11.6 Å². The van der Waals surface area contributed by atoms with E-state index < -0.39 is 0 Å². The Morgan fingerprint density at radius 1 is 1.16 bits per heavy atom. The van der Waals surface area contributed by atoms with Crippen molar-refractivity contribution < 1.29 is 0 Å². The third kappa shape index (κ3) is 3.84. The van der Waals surface area contributed by atoms with Crippen LogP contribution in [0.2, 0.25) is 0 Å². The number of benzene rings is 1. The van der Waals surface area contributed by atoms with Gasteiger partial charge in [-0.3, -0.25) is 0 Å². The number of thioether (sulfide) groups is 1. The largest absolute Gasteiger partial charge is 0.366 e. The standard InChI is InChI=1S/C13H17N5S/c1-9-3-5-10(6-4-9)8-15-11-7-12(18-14)17-13(16-11)19-2/h3-7H,8,14H2,1-2H3,(H2,15,16,17,18). The molecule has 0 bridgehead atoms. The van der Waals surface area contributed by atoms with Crippen LogP contribution in [0.4, 0.5) is 11.6 Å². The van der Waals surface area contributed by atoms with Crippen molar-refractivity contribution in [2.45, 2.75) is 18.6 Å². The number of rotatable bonds is 5. The van der Waals surface area contributed by atoms with Crippen molar-refractivity contribution in [2.24, 2.45) is 5.84 Å². The van der Waals surface area contributed by atoms with E-state index in [-0.39, 0.29) is 0 Å². The number of hydrazine groups is 1. The Morgan fingerprint density at radius 2 is 1.84 bits per heavy atom. The Labute approximate surface area is 117 Å². The molecule has 0 unspecified atom stereocenters. The van der Waals surface area contributed by atoms with Crippen LogP contribution in [0.25, 0.3) is 0 Å². The van der Waals surface area contributed by atoms with Gasteiger partial charge in [-0.05, 0) is 18.7 Å². The first-order valence-electron chi connectivity index (χ1n) is 5.90. The Morgan fingerprint density at radius 3 is 2.47 bits per heavy atom. The van der Waals surface area contributed by atoms with Crippen LogP contribution < -0.4 is 16.6 Å². The summed E-state index contributed by atoms with van der Waals surface area (Å²) in [6.07, 6.45) is 1.93. The van der Waals surface area contributed by atoms with Gasteiger partial charge >= 0.3 is 0 Å². The van der Waals surface area contributed by atoms with Crippen molar-refractivity contribution in [3.8, 4) is 0 Å². The molecule has 0 spiro atoms. The van der Waals surface area contributed by atoms with Gasteiger partial charge < -0.3 is 10.7 Å². The summed E-state index contributed by atoms with van der Waals surface area (Å²) in [5, 5.41) is 3.95. The molecule has 0 fully saturated rings. The lowest BCUT2D eigenvalue weighted by Crippen LogP contribution is -2.11. The number of hydrogen-bond donors (Lipinski definition) is 3. The zero-order valence-corrected chi connectivity index (χ0v) is 11.8. The number of nitrogens with two attached hydrogens (primary N) is 1. The molecule has 0 aliphatic rings. The molecule has 1 aromatic carbocycles. The fourth-order valence-electron chi connectivity index (χ4n) is 1.58. The van der Waals surface area contributed by atoms with E-state index >= 15 is 0 Å². The third-order valence-corrected chi connectivity index (χ3v) is 3.18. The molecule has 0 saturated heterocycles. The number of anilines is 2. The van der Waals surface area contributed by atoms with Crippen LogP contribution in [-0.2, 0) is 6.54 Å². The first-order valence-corrected chi connectivity index (χ1v) is 7.13. The van der Waals surface area contributed by atoms with Gasteiger partial charge in [-0.1, -0.05) is 41.6 Å². The fraction of sp³-hybridized carbons (Fsp3) is 0.231. The summed E-state index contributed by atoms with van der Waals surface area (Å²) in [6.45, 7) is 2.79. The van der Waals surface area contributed by atoms with Gasteiger partial charge in [0.2, 0.25) is 0 Å². The second-order valence-corrected chi connectivity index (χ2v) is 4.88. The molecule has 2 rings (SSSR count). The monoisotopic (exact) mass is 275 g/mol. The lowest BCUT2D eigenvalue weighted by Gasteiger charge is -2.09. The van der Waals surface area contributed by atoms with Crippen molar-refractivity contribution in [2.75, 3.05) is 17.0 Å². The summed E-state index contributed by atoms with van der Waals surface area (Å²) < 4.78 is 0. The summed E-state index contributed by atoms with van der Waals surface area (Å²) in [6, 6.07) is 10.2. The molecule has 1 aromatic heterocycles. The Hall–Kier alpha value is -1.79. The number of nitrogens with one attached hydrogen (secondary N) is 2. The highest BCUT2D eigenvalue weighted by Crippen LogP contribution is 2.17. The Kier molecular flexibility index (Phi) is 4.59. The predicted octanol–water partition coefficient (Wildman–Crippen LogP) is 2.40. The molecule has 0 atom stereocenters. The lowest BCUT2D eigenvalue weighted by atomic mass is 10.1. The predicted molar refractivity (Wildman–Crippen MR) is 80.1 cm³/mol. The second-order valence-electron chi connectivity index (χ2n) is 4.11. The van der Waals surface area contributed by atoms with Gasteiger partial charge in [0.25, 0.3) is 0 Å². The number of aromatic nitrogens is 2. The van der Waals surface area contributed by atoms with E-state index in [1.54, 1.807) is 6.07 Å². The maximum Gasteiger partial charge on any atom is 0.191 e. The van der Waals surface area contributed by atoms with Crippen LogP contribution in [-0.4, -0.2) is 16.2 Å². The van der Waals surface area contributed by atoms with Crippen LogP contribution in [0, 0.1) is 6.92 Å². The van der Waals surface area contributed by atoms with Crippen molar-refractivity contribution in [1.29, 1.82) is 0 Å². The number of nitrogen functional groups attached to an aromatic ring is 1. The highest BCUT2D eigenvalue weighted by Gasteiger charge is 2.03. The molecule has 100 valence electrons. The van der Waals surface area contributed by atoms with Gasteiger partial charge in [0, 0.05) is 12.6 Å². The maximum absolute atomic E-state index is 5.39. The van der Waals surface area contributed by atoms with Crippen molar-refractivity contribution in [3.63, 3.8) is 0 Å². The fourth-order valence-corrected chi connectivity index (χ4v) is 1.96. The van der Waals surface area contributed by atoms with E-state index in [2.05, 4.69) is 51.9 Å². The molecule has 0 saturated carbocycles. The number of nitrogens with zero attached hydrogens (tertiary/aromatic N) is 2. The summed E-state index contributed by atoms with van der Waals surface area (Å²) in [5.41, 5.74) is 5.00. The van der Waals surface area contributed by atoms with E-state index in [4.69, 9.17) is 5.84 Å². The van der Waals surface area contributed by atoms with Crippen LogP contribution in [0.3, 0.4) is 0 Å². The zero-order chi connectivity index (χ0) is 13.7. The van der Waals surface area contributed by atoms with Gasteiger partial charge in [-0.25, -0.2) is 15.8 Å². The van der Waals surface area contributed by atoms with Crippen LogP contribution >= 0.6 is 11.8 Å².